The van der Waals surface area contributed by atoms with Gasteiger partial charge in [-0.1, -0.05) is 17.7 Å². The molecule has 0 radical (unpaired) electrons. The number of aryl methyl sites for hydroxylation is 1. The molecule has 0 unspecified atom stereocenters. The van der Waals surface area contributed by atoms with Crippen LogP contribution < -0.4 is 10.6 Å². The van der Waals surface area contributed by atoms with Gasteiger partial charge in [0.05, 0.1) is 36.5 Å². The second-order valence-electron chi connectivity index (χ2n) is 6.28. The van der Waals surface area contributed by atoms with Gasteiger partial charge < -0.3 is 20.5 Å². The number of aliphatic hydroxyl groups is 1. The van der Waals surface area contributed by atoms with E-state index in [2.05, 4.69) is 10.6 Å². The zero-order valence-corrected chi connectivity index (χ0v) is 16.5. The molecule has 0 fully saturated rings. The number of carbonyl (C=O) groups is 2. The highest BCUT2D eigenvalue weighted by atomic mass is 35.5. The van der Waals surface area contributed by atoms with Gasteiger partial charge in [0.25, 0.3) is 0 Å². The first kappa shape index (κ1) is 19.7. The Labute approximate surface area is 166 Å². The molecule has 3 N–H and O–H groups in total. The van der Waals surface area contributed by atoms with Crippen molar-refractivity contribution in [2.24, 2.45) is 0 Å². The minimum absolute atomic E-state index is 0.0161. The molecule has 1 amide bonds. The Morgan fingerprint density at radius 3 is 2.81 bits per heavy atom. The Hall–Kier alpha value is -2.09. The Balaban J connectivity index is 1.73. The summed E-state index contributed by atoms with van der Waals surface area (Å²) in [5, 5.41) is 16.0. The highest BCUT2D eigenvalue weighted by Crippen LogP contribution is 2.38. The lowest BCUT2D eigenvalue weighted by Gasteiger charge is -2.12. The van der Waals surface area contributed by atoms with Gasteiger partial charge in [-0.05, 0) is 48.9 Å². The first-order chi connectivity index (χ1) is 13.0. The van der Waals surface area contributed by atoms with Gasteiger partial charge in [-0.15, -0.1) is 11.3 Å². The van der Waals surface area contributed by atoms with E-state index >= 15 is 0 Å². The maximum absolute atomic E-state index is 12.4. The standard InChI is InChI=1S/C19H21ClN2O4S/c1-26-19(25)17-12-4-2-3-5-15(12)27-18(17)22-16(24)9-21-14-8-11(10-23)6-7-13(14)20/h6-8,21,23H,2-5,9-10H2,1H3,(H,22,24). The summed E-state index contributed by atoms with van der Waals surface area (Å²) in [6.45, 7) is -0.126. The first-order valence-corrected chi connectivity index (χ1v) is 9.88. The fourth-order valence-corrected chi connectivity index (χ4v) is 4.60. The lowest BCUT2D eigenvalue weighted by molar-refractivity contribution is -0.114. The number of hydrogen-bond acceptors (Lipinski definition) is 6. The van der Waals surface area contributed by atoms with Gasteiger partial charge >= 0.3 is 5.97 Å². The van der Waals surface area contributed by atoms with Gasteiger partial charge in [0.15, 0.2) is 0 Å². The van der Waals surface area contributed by atoms with Crippen LogP contribution in [0.5, 0.6) is 0 Å². The van der Waals surface area contributed by atoms with Crippen LogP contribution in [0.4, 0.5) is 10.7 Å². The molecule has 1 aromatic carbocycles. The molecule has 0 saturated carbocycles. The molecule has 0 aliphatic heterocycles. The Morgan fingerprint density at radius 2 is 2.07 bits per heavy atom. The molecule has 0 bridgehead atoms. The Bertz CT molecular complexity index is 866. The number of thiophene rings is 1. The van der Waals surface area contributed by atoms with E-state index in [0.717, 1.165) is 36.1 Å². The molecular formula is C19H21ClN2O4S. The highest BCUT2D eigenvalue weighted by Gasteiger charge is 2.26. The molecule has 6 nitrogen and oxygen atoms in total. The van der Waals surface area contributed by atoms with E-state index in [-0.39, 0.29) is 19.1 Å². The molecule has 1 heterocycles. The van der Waals surface area contributed by atoms with Crippen LogP contribution in [0.25, 0.3) is 0 Å². The Morgan fingerprint density at radius 1 is 1.30 bits per heavy atom. The predicted molar refractivity (Wildman–Crippen MR) is 107 cm³/mol. The van der Waals surface area contributed by atoms with Crippen LogP contribution in [0, 0.1) is 0 Å². The summed E-state index contributed by atoms with van der Waals surface area (Å²) in [5.74, 6) is -0.708. The number of fused-ring (bicyclic) bond motifs is 1. The number of nitrogens with one attached hydrogen (secondary N) is 2. The summed E-state index contributed by atoms with van der Waals surface area (Å²) in [4.78, 5) is 25.8. The van der Waals surface area contributed by atoms with E-state index in [1.165, 1.54) is 18.4 Å². The summed E-state index contributed by atoms with van der Waals surface area (Å²) in [5.41, 5.74) is 2.74. The van der Waals surface area contributed by atoms with Crippen LogP contribution in [0.2, 0.25) is 5.02 Å². The van der Waals surface area contributed by atoms with E-state index in [1.807, 2.05) is 0 Å². The van der Waals surface area contributed by atoms with E-state index in [0.29, 0.717) is 26.8 Å². The highest BCUT2D eigenvalue weighted by molar-refractivity contribution is 7.17. The van der Waals surface area contributed by atoms with Crippen molar-refractivity contribution in [3.63, 3.8) is 0 Å². The maximum Gasteiger partial charge on any atom is 0.341 e. The lowest BCUT2D eigenvalue weighted by atomic mass is 9.95. The SMILES string of the molecule is COC(=O)c1c(NC(=O)CNc2cc(CO)ccc2Cl)sc2c1CCCC2. The summed E-state index contributed by atoms with van der Waals surface area (Å²) in [6.07, 6.45) is 3.86. The van der Waals surface area contributed by atoms with Crippen LogP contribution in [-0.2, 0) is 29.0 Å². The maximum atomic E-state index is 12.4. The van der Waals surface area contributed by atoms with Crippen LogP contribution in [-0.4, -0.2) is 30.6 Å². The number of rotatable bonds is 6. The van der Waals surface area contributed by atoms with Crippen molar-refractivity contribution in [2.75, 3.05) is 24.3 Å². The number of esters is 1. The van der Waals surface area contributed by atoms with E-state index in [1.54, 1.807) is 18.2 Å². The smallest absolute Gasteiger partial charge is 0.341 e. The van der Waals surface area contributed by atoms with Crippen molar-refractivity contribution in [2.45, 2.75) is 32.3 Å². The third-order valence-corrected chi connectivity index (χ3v) is 6.00. The van der Waals surface area contributed by atoms with Crippen LogP contribution in [0.3, 0.4) is 0 Å². The van der Waals surface area contributed by atoms with Crippen molar-refractivity contribution in [1.82, 2.24) is 0 Å². The van der Waals surface area contributed by atoms with Gasteiger partial charge in [0, 0.05) is 4.88 Å². The number of ether oxygens (including phenoxy) is 1. The number of amides is 1. The number of aliphatic hydroxyl groups excluding tert-OH is 1. The van der Waals surface area contributed by atoms with Gasteiger partial charge in [0.2, 0.25) is 5.91 Å². The molecule has 0 atom stereocenters. The third-order valence-electron chi connectivity index (χ3n) is 4.47. The molecular weight excluding hydrogens is 388 g/mol. The largest absolute Gasteiger partial charge is 0.465 e. The molecule has 3 rings (SSSR count). The summed E-state index contributed by atoms with van der Waals surface area (Å²) in [7, 11) is 1.35. The fraction of sp³-hybridized carbons (Fsp3) is 0.368. The second kappa shape index (κ2) is 8.73. The monoisotopic (exact) mass is 408 g/mol. The minimum Gasteiger partial charge on any atom is -0.465 e. The average molecular weight is 409 g/mol. The zero-order valence-electron chi connectivity index (χ0n) is 14.9. The molecule has 1 aliphatic carbocycles. The van der Waals surface area contributed by atoms with Crippen molar-refractivity contribution >= 4 is 45.5 Å². The summed E-state index contributed by atoms with van der Waals surface area (Å²) < 4.78 is 4.91. The van der Waals surface area contributed by atoms with E-state index in [9.17, 15) is 14.7 Å². The average Bonchev–Trinajstić information content (AvgIpc) is 3.04. The summed E-state index contributed by atoms with van der Waals surface area (Å²) in [6, 6.07) is 5.07. The van der Waals surface area contributed by atoms with Gasteiger partial charge in [0.1, 0.15) is 5.00 Å². The molecule has 2 aromatic rings. The first-order valence-electron chi connectivity index (χ1n) is 8.69. The van der Waals surface area contributed by atoms with Gasteiger partial charge in [-0.2, -0.15) is 0 Å². The molecule has 1 aromatic heterocycles. The number of halogens is 1. The number of benzene rings is 1. The lowest BCUT2D eigenvalue weighted by Crippen LogP contribution is -2.22. The predicted octanol–water partition coefficient (Wildman–Crippen LogP) is 3.61. The molecule has 0 saturated heterocycles. The van der Waals surface area contributed by atoms with E-state index in [4.69, 9.17) is 16.3 Å². The van der Waals surface area contributed by atoms with E-state index < -0.39 is 5.97 Å². The van der Waals surface area contributed by atoms with Crippen molar-refractivity contribution in [3.8, 4) is 0 Å². The van der Waals surface area contributed by atoms with Crippen molar-refractivity contribution in [3.05, 3.63) is 44.8 Å². The van der Waals surface area contributed by atoms with Gasteiger partial charge in [-0.25, -0.2) is 4.79 Å². The summed E-state index contributed by atoms with van der Waals surface area (Å²) >= 11 is 7.56. The number of anilines is 2. The quantitative estimate of drug-likeness (QED) is 0.635. The zero-order chi connectivity index (χ0) is 19.4. The van der Waals surface area contributed by atoms with Crippen LogP contribution >= 0.6 is 22.9 Å². The number of hydrogen-bond donors (Lipinski definition) is 3. The Kier molecular flexibility index (Phi) is 6.36. The molecule has 144 valence electrons. The number of methoxy groups -OCH3 is 1. The molecule has 1 aliphatic rings. The van der Waals surface area contributed by atoms with Crippen molar-refractivity contribution in [1.29, 1.82) is 0 Å². The van der Waals surface area contributed by atoms with Crippen molar-refractivity contribution < 1.29 is 19.4 Å². The second-order valence-corrected chi connectivity index (χ2v) is 7.79. The minimum atomic E-state index is -0.420. The van der Waals surface area contributed by atoms with Gasteiger partial charge in [-0.3, -0.25) is 4.79 Å². The molecule has 0 spiro atoms. The topological polar surface area (TPSA) is 87.7 Å². The van der Waals surface area contributed by atoms with Crippen LogP contribution in [0.1, 0.15) is 39.2 Å². The third kappa shape index (κ3) is 4.43. The fourth-order valence-electron chi connectivity index (χ4n) is 3.12. The normalized spacial score (nSPS) is 13.0. The molecule has 8 heteroatoms. The number of carbonyl (C=O) groups excluding carboxylic acids is 2. The molecule has 27 heavy (non-hydrogen) atoms. The van der Waals surface area contributed by atoms with Crippen LogP contribution in [0.15, 0.2) is 18.2 Å².